The fraction of sp³-hybridized carbons (Fsp3) is 0.811. The van der Waals surface area contributed by atoms with E-state index in [1.807, 2.05) is 0 Å². The minimum absolute atomic E-state index is 0.145. The van der Waals surface area contributed by atoms with Gasteiger partial charge >= 0.3 is 0 Å². The van der Waals surface area contributed by atoms with Gasteiger partial charge in [-0.25, -0.2) is 0 Å². The smallest absolute Gasteiger partial charge is 0.220 e. The van der Waals surface area contributed by atoms with E-state index in [4.69, 9.17) is 9.47 Å². The Morgan fingerprint density at radius 3 is 2.00 bits per heavy atom. The zero-order valence-electron chi connectivity index (χ0n) is 28.8. The van der Waals surface area contributed by atoms with Crippen molar-refractivity contribution in [3.05, 3.63) is 36.5 Å². The lowest BCUT2D eigenvalue weighted by Crippen LogP contribution is -2.60. The third-order valence-electron chi connectivity index (χ3n) is 8.51. The normalized spacial score (nSPS) is 23.5. The van der Waals surface area contributed by atoms with Gasteiger partial charge in [0.25, 0.3) is 0 Å². The first-order valence-corrected chi connectivity index (χ1v) is 18.2. The Labute approximate surface area is 279 Å². The molecule has 9 heteroatoms. The molecule has 268 valence electrons. The topological polar surface area (TPSA) is 149 Å². The number of hydrogen-bond acceptors (Lipinski definition) is 8. The zero-order chi connectivity index (χ0) is 33.8. The van der Waals surface area contributed by atoms with Crippen LogP contribution in [0.25, 0.3) is 0 Å². The van der Waals surface area contributed by atoms with Gasteiger partial charge in [0.15, 0.2) is 6.29 Å². The average Bonchev–Trinajstić information content (AvgIpc) is 3.05. The lowest BCUT2D eigenvalue weighted by atomic mass is 9.99. The quantitative estimate of drug-likeness (QED) is 0.0461. The van der Waals surface area contributed by atoms with Crippen LogP contribution >= 0.6 is 0 Å². The monoisotopic (exact) mass is 653 g/mol. The van der Waals surface area contributed by atoms with E-state index in [-0.39, 0.29) is 12.5 Å². The molecule has 0 spiro atoms. The molecule has 0 bridgehead atoms. The molecule has 1 aliphatic rings. The van der Waals surface area contributed by atoms with Gasteiger partial charge < -0.3 is 40.3 Å². The van der Waals surface area contributed by atoms with Crippen LogP contribution in [0.3, 0.4) is 0 Å². The lowest BCUT2D eigenvalue weighted by molar-refractivity contribution is -0.302. The van der Waals surface area contributed by atoms with Crippen LogP contribution in [0, 0.1) is 0 Å². The second kappa shape index (κ2) is 28.4. The second-order valence-corrected chi connectivity index (χ2v) is 12.6. The Hall–Kier alpha value is -1.59. The number of hydrogen-bond donors (Lipinski definition) is 6. The maximum absolute atomic E-state index is 12.8. The Bertz CT molecular complexity index is 817. The number of rotatable bonds is 28. The van der Waals surface area contributed by atoms with Gasteiger partial charge in [0.05, 0.1) is 25.4 Å². The maximum Gasteiger partial charge on any atom is 0.220 e. The van der Waals surface area contributed by atoms with E-state index in [0.29, 0.717) is 12.8 Å². The summed E-state index contributed by atoms with van der Waals surface area (Å²) in [6.45, 7) is 3.61. The van der Waals surface area contributed by atoms with Crippen LogP contribution in [-0.2, 0) is 14.3 Å². The SMILES string of the molecule is CC/C=C\C/C=C\C/C=C\CCCCCCCCCC(=O)NC(COC1OC(CO)C(O)C(O)C1O)C(O)CCCCCCCC. The van der Waals surface area contributed by atoms with E-state index < -0.39 is 49.5 Å². The molecule has 0 aromatic carbocycles. The number of allylic oxidation sites excluding steroid dienone is 6. The van der Waals surface area contributed by atoms with Gasteiger partial charge in [-0.2, -0.15) is 0 Å². The van der Waals surface area contributed by atoms with Gasteiger partial charge in [0, 0.05) is 6.42 Å². The van der Waals surface area contributed by atoms with E-state index in [1.54, 1.807) is 0 Å². The van der Waals surface area contributed by atoms with E-state index in [1.165, 1.54) is 38.5 Å². The number of carbonyl (C=O) groups excluding carboxylic acids is 1. The predicted molar refractivity (Wildman–Crippen MR) is 184 cm³/mol. The molecule has 1 aliphatic heterocycles. The third kappa shape index (κ3) is 19.9. The van der Waals surface area contributed by atoms with Crippen LogP contribution < -0.4 is 5.32 Å². The van der Waals surface area contributed by atoms with Gasteiger partial charge in [0.1, 0.15) is 24.4 Å². The second-order valence-electron chi connectivity index (χ2n) is 12.6. The van der Waals surface area contributed by atoms with Crippen LogP contribution in [0.1, 0.15) is 136 Å². The van der Waals surface area contributed by atoms with Gasteiger partial charge in [-0.15, -0.1) is 0 Å². The van der Waals surface area contributed by atoms with Crippen molar-refractivity contribution in [1.82, 2.24) is 5.32 Å². The summed E-state index contributed by atoms with van der Waals surface area (Å²) in [5.74, 6) is -0.163. The summed E-state index contributed by atoms with van der Waals surface area (Å²) < 4.78 is 11.1. The molecule has 7 atom stereocenters. The molecule has 1 fully saturated rings. The molecule has 0 radical (unpaired) electrons. The molecule has 1 amide bonds. The summed E-state index contributed by atoms with van der Waals surface area (Å²) in [6.07, 6.45) is 24.7. The molecular weight excluding hydrogens is 586 g/mol. The highest BCUT2D eigenvalue weighted by molar-refractivity contribution is 5.76. The first-order chi connectivity index (χ1) is 22.3. The highest BCUT2D eigenvalue weighted by Crippen LogP contribution is 2.22. The van der Waals surface area contributed by atoms with Crippen LogP contribution in [-0.4, -0.2) is 87.5 Å². The minimum atomic E-state index is -1.55. The molecule has 0 aromatic heterocycles. The first kappa shape index (κ1) is 42.4. The van der Waals surface area contributed by atoms with E-state index in [2.05, 4.69) is 55.6 Å². The first-order valence-electron chi connectivity index (χ1n) is 18.2. The van der Waals surface area contributed by atoms with Crippen molar-refractivity contribution in [3.63, 3.8) is 0 Å². The number of carbonyl (C=O) groups is 1. The van der Waals surface area contributed by atoms with Crippen LogP contribution in [0.5, 0.6) is 0 Å². The summed E-state index contributed by atoms with van der Waals surface area (Å²) in [5, 5.41) is 53.7. The summed E-state index contributed by atoms with van der Waals surface area (Å²) in [7, 11) is 0. The third-order valence-corrected chi connectivity index (χ3v) is 8.51. The van der Waals surface area contributed by atoms with Crippen molar-refractivity contribution in [3.8, 4) is 0 Å². The molecule has 1 saturated heterocycles. The van der Waals surface area contributed by atoms with Crippen molar-refractivity contribution < 1.29 is 39.8 Å². The van der Waals surface area contributed by atoms with Crippen LogP contribution in [0.2, 0.25) is 0 Å². The largest absolute Gasteiger partial charge is 0.394 e. The lowest BCUT2D eigenvalue weighted by Gasteiger charge is -2.40. The molecule has 6 N–H and O–H groups in total. The standard InChI is InChI=1S/C37H67NO8/c1-3-5-7-9-11-12-13-14-15-16-17-18-19-20-21-23-25-27-33(41)38-30(31(40)26-24-22-10-8-6-4-2)29-45-37-36(44)35(43)34(42)32(28-39)46-37/h5,7,11-12,14-15,30-32,34-37,39-40,42-44H,3-4,6,8-10,13,16-29H2,1-2H3,(H,38,41)/b7-5-,12-11-,15-14-. The summed E-state index contributed by atoms with van der Waals surface area (Å²) in [6, 6.07) is -0.719. The fourth-order valence-corrected chi connectivity index (χ4v) is 5.52. The van der Waals surface area contributed by atoms with Crippen molar-refractivity contribution >= 4 is 5.91 Å². The highest BCUT2D eigenvalue weighted by atomic mass is 16.7. The van der Waals surface area contributed by atoms with Crippen LogP contribution in [0.4, 0.5) is 0 Å². The number of nitrogens with one attached hydrogen (secondary N) is 1. The molecule has 9 nitrogen and oxygen atoms in total. The summed E-state index contributed by atoms with van der Waals surface area (Å²) >= 11 is 0. The van der Waals surface area contributed by atoms with Gasteiger partial charge in [-0.05, 0) is 44.9 Å². The highest BCUT2D eigenvalue weighted by Gasteiger charge is 2.44. The molecule has 0 aliphatic carbocycles. The molecule has 46 heavy (non-hydrogen) atoms. The van der Waals surface area contributed by atoms with Gasteiger partial charge in [0.2, 0.25) is 5.91 Å². The molecule has 0 aromatic rings. The van der Waals surface area contributed by atoms with Crippen molar-refractivity contribution in [2.45, 2.75) is 179 Å². The van der Waals surface area contributed by atoms with Gasteiger partial charge in [-0.1, -0.05) is 121 Å². The minimum Gasteiger partial charge on any atom is -0.394 e. The fourth-order valence-electron chi connectivity index (χ4n) is 5.52. The van der Waals surface area contributed by atoms with Crippen molar-refractivity contribution in [2.75, 3.05) is 13.2 Å². The molecule has 0 saturated carbocycles. The summed E-state index contributed by atoms with van der Waals surface area (Å²) in [4.78, 5) is 12.8. The molecule has 7 unspecified atom stereocenters. The Morgan fingerprint density at radius 1 is 0.761 bits per heavy atom. The number of amides is 1. The molecule has 1 heterocycles. The van der Waals surface area contributed by atoms with Crippen molar-refractivity contribution in [1.29, 1.82) is 0 Å². The van der Waals surface area contributed by atoms with E-state index >= 15 is 0 Å². The number of aliphatic hydroxyl groups is 5. The average molecular weight is 654 g/mol. The molecule has 1 rings (SSSR count). The maximum atomic E-state index is 12.8. The molecular formula is C37H67NO8. The van der Waals surface area contributed by atoms with E-state index in [9.17, 15) is 30.3 Å². The van der Waals surface area contributed by atoms with E-state index in [0.717, 1.165) is 70.6 Å². The summed E-state index contributed by atoms with van der Waals surface area (Å²) in [5.41, 5.74) is 0. The van der Waals surface area contributed by atoms with Crippen molar-refractivity contribution in [2.24, 2.45) is 0 Å². The zero-order valence-corrected chi connectivity index (χ0v) is 28.8. The Kier molecular flexibility index (Phi) is 26.2. The Morgan fingerprint density at radius 2 is 1.35 bits per heavy atom. The predicted octanol–water partition coefficient (Wildman–Crippen LogP) is 5.77. The number of ether oxygens (including phenoxy) is 2. The Balaban J connectivity index is 2.35. The van der Waals surface area contributed by atoms with Gasteiger partial charge in [-0.3, -0.25) is 4.79 Å². The van der Waals surface area contributed by atoms with Crippen LogP contribution in [0.15, 0.2) is 36.5 Å². The number of unbranched alkanes of at least 4 members (excludes halogenated alkanes) is 12. The number of aliphatic hydroxyl groups excluding tert-OH is 5.